The number of para-hydroxylation sites is 3. The molecule has 3 aromatic rings. The topological polar surface area (TPSA) is 89.4 Å². The molecule has 0 radical (unpaired) electrons. The number of rotatable bonds is 5. The fourth-order valence-electron chi connectivity index (χ4n) is 2.09. The molecule has 1 N–H and O–H groups in total. The third kappa shape index (κ3) is 3.16. The van der Waals surface area contributed by atoms with Gasteiger partial charge in [0.25, 0.3) is 5.78 Å². The maximum Gasteiger partial charge on any atom is 0.376 e. The molecule has 0 spiro atoms. The number of carboxylic acids is 1. The van der Waals surface area contributed by atoms with Crippen LogP contribution in [0.25, 0.3) is 11.0 Å². The first-order valence-electron chi connectivity index (χ1n) is 6.85. The van der Waals surface area contributed by atoms with E-state index in [4.69, 9.17) is 9.84 Å². The van der Waals surface area contributed by atoms with Crippen LogP contribution in [0.3, 0.4) is 0 Å². The Morgan fingerprint density at radius 1 is 0.957 bits per heavy atom. The lowest BCUT2D eigenvalue weighted by Crippen LogP contribution is -2.27. The van der Waals surface area contributed by atoms with Crippen molar-refractivity contribution in [1.82, 2.24) is 9.97 Å². The Hall–Kier alpha value is -3.28. The van der Waals surface area contributed by atoms with Gasteiger partial charge in [0.1, 0.15) is 11.4 Å². The molecule has 3 rings (SSSR count). The highest BCUT2D eigenvalue weighted by Gasteiger charge is 2.30. The first-order chi connectivity index (χ1) is 11.1. The first-order valence-corrected chi connectivity index (χ1v) is 6.85. The smallest absolute Gasteiger partial charge is 0.376 e. The van der Waals surface area contributed by atoms with Crippen LogP contribution in [0.4, 0.5) is 0 Å². The van der Waals surface area contributed by atoms with E-state index in [9.17, 15) is 9.59 Å². The van der Waals surface area contributed by atoms with E-state index in [0.717, 1.165) is 0 Å². The van der Waals surface area contributed by atoms with Crippen molar-refractivity contribution in [2.75, 3.05) is 0 Å². The van der Waals surface area contributed by atoms with Crippen molar-refractivity contribution >= 4 is 22.8 Å². The van der Waals surface area contributed by atoms with E-state index < -0.39 is 17.9 Å². The molecular weight excluding hydrogens is 296 g/mol. The zero-order chi connectivity index (χ0) is 16.2. The molecule has 0 saturated carbocycles. The highest BCUT2D eigenvalue weighted by Crippen LogP contribution is 2.22. The zero-order valence-electron chi connectivity index (χ0n) is 11.9. The molecule has 0 fully saturated rings. The second-order valence-electron chi connectivity index (χ2n) is 4.76. The summed E-state index contributed by atoms with van der Waals surface area (Å²) in [6.45, 7) is 0. The molecule has 0 aliphatic rings. The van der Waals surface area contributed by atoms with Gasteiger partial charge in [-0.1, -0.05) is 30.3 Å². The number of ether oxygens (including phenoxy) is 1. The van der Waals surface area contributed by atoms with E-state index in [1.807, 2.05) is 6.07 Å². The van der Waals surface area contributed by atoms with Gasteiger partial charge in [-0.3, -0.25) is 9.78 Å². The number of hydrogen-bond acceptors (Lipinski definition) is 5. The SMILES string of the molecule is O=C(O)C(=O)C(Oc1ccccc1)c1cnc2ccccc2n1. The number of benzene rings is 2. The molecular formula is C17H12N2O4. The summed E-state index contributed by atoms with van der Waals surface area (Å²) in [6.07, 6.45) is 0.00329. The van der Waals surface area contributed by atoms with E-state index in [1.54, 1.807) is 48.5 Å². The molecule has 114 valence electrons. The summed E-state index contributed by atoms with van der Waals surface area (Å²) < 4.78 is 5.54. The molecule has 1 atom stereocenters. The number of fused-ring (bicyclic) bond motifs is 1. The number of carbonyl (C=O) groups is 2. The van der Waals surface area contributed by atoms with Crippen molar-refractivity contribution in [3.63, 3.8) is 0 Å². The van der Waals surface area contributed by atoms with Crippen molar-refractivity contribution < 1.29 is 19.4 Å². The summed E-state index contributed by atoms with van der Waals surface area (Å²) in [5.41, 5.74) is 1.36. The number of carbonyl (C=O) groups excluding carboxylic acids is 1. The van der Waals surface area contributed by atoms with Gasteiger partial charge < -0.3 is 9.84 Å². The minimum atomic E-state index is -1.58. The van der Waals surface area contributed by atoms with E-state index in [1.165, 1.54) is 6.20 Å². The molecule has 1 heterocycles. The lowest BCUT2D eigenvalue weighted by molar-refractivity contribution is -0.152. The minimum absolute atomic E-state index is 0.153. The number of aliphatic carboxylic acids is 1. The molecule has 6 heteroatoms. The summed E-state index contributed by atoms with van der Waals surface area (Å²) in [6, 6.07) is 15.6. The van der Waals surface area contributed by atoms with Gasteiger partial charge in [-0.25, -0.2) is 9.78 Å². The molecule has 1 unspecified atom stereocenters. The number of Topliss-reactive ketones (excluding diaryl/α,β-unsaturated/α-hetero) is 1. The Balaban J connectivity index is 2.02. The van der Waals surface area contributed by atoms with Crippen LogP contribution in [0.15, 0.2) is 60.8 Å². The maximum atomic E-state index is 12.0. The summed E-state index contributed by atoms with van der Waals surface area (Å²) in [7, 11) is 0. The first kappa shape index (κ1) is 14.6. The second kappa shape index (κ2) is 6.23. The van der Waals surface area contributed by atoms with E-state index in [-0.39, 0.29) is 5.69 Å². The average Bonchev–Trinajstić information content (AvgIpc) is 2.59. The largest absolute Gasteiger partial charge is 0.476 e. The van der Waals surface area contributed by atoms with Gasteiger partial charge in [0.15, 0.2) is 0 Å². The van der Waals surface area contributed by atoms with Crippen molar-refractivity contribution in [3.8, 4) is 5.75 Å². The molecule has 6 nitrogen and oxygen atoms in total. The number of nitrogens with zero attached hydrogens (tertiary/aromatic N) is 2. The Kier molecular flexibility index (Phi) is 3.97. The quantitative estimate of drug-likeness (QED) is 0.728. The standard InChI is InChI=1S/C17H12N2O4/c20-15(17(21)22)16(23-11-6-2-1-3-7-11)14-10-18-12-8-4-5-9-13(12)19-14/h1-10,16H,(H,21,22). The Labute approximate surface area is 131 Å². The highest BCUT2D eigenvalue weighted by atomic mass is 16.5. The van der Waals surface area contributed by atoms with Gasteiger partial charge >= 0.3 is 5.97 Å². The monoisotopic (exact) mass is 308 g/mol. The van der Waals surface area contributed by atoms with Crippen molar-refractivity contribution in [3.05, 3.63) is 66.5 Å². The predicted octanol–water partition coefficient (Wildman–Crippen LogP) is 2.40. The molecule has 1 aromatic heterocycles. The lowest BCUT2D eigenvalue weighted by Gasteiger charge is -2.15. The van der Waals surface area contributed by atoms with Gasteiger partial charge in [-0.15, -0.1) is 0 Å². The van der Waals surface area contributed by atoms with E-state index in [2.05, 4.69) is 9.97 Å². The van der Waals surface area contributed by atoms with E-state index >= 15 is 0 Å². The molecule has 0 bridgehead atoms. The number of ketones is 1. The van der Waals surface area contributed by atoms with Crippen LogP contribution < -0.4 is 4.74 Å². The van der Waals surface area contributed by atoms with Crippen LogP contribution in [-0.4, -0.2) is 26.8 Å². The Bertz CT molecular complexity index is 865. The molecule has 0 saturated heterocycles. The number of aromatic nitrogens is 2. The van der Waals surface area contributed by atoms with Crippen LogP contribution in [0.1, 0.15) is 11.8 Å². The van der Waals surface area contributed by atoms with Crippen LogP contribution in [0, 0.1) is 0 Å². The van der Waals surface area contributed by atoms with Crippen molar-refractivity contribution in [2.24, 2.45) is 0 Å². The summed E-state index contributed by atoms with van der Waals surface area (Å²) in [5.74, 6) is -2.30. The van der Waals surface area contributed by atoms with Gasteiger partial charge in [0.2, 0.25) is 6.10 Å². The second-order valence-corrected chi connectivity index (χ2v) is 4.76. The average molecular weight is 308 g/mol. The number of hydrogen-bond donors (Lipinski definition) is 1. The van der Waals surface area contributed by atoms with Gasteiger partial charge in [-0.2, -0.15) is 0 Å². The molecule has 0 amide bonds. The molecule has 2 aromatic carbocycles. The highest BCUT2D eigenvalue weighted by molar-refractivity contribution is 6.34. The summed E-state index contributed by atoms with van der Waals surface area (Å²) >= 11 is 0. The molecule has 0 aliphatic heterocycles. The zero-order valence-corrected chi connectivity index (χ0v) is 11.9. The fourth-order valence-corrected chi connectivity index (χ4v) is 2.09. The van der Waals surface area contributed by atoms with Crippen LogP contribution in [0.2, 0.25) is 0 Å². The summed E-state index contributed by atoms with van der Waals surface area (Å²) in [5, 5.41) is 9.03. The predicted molar refractivity (Wildman–Crippen MR) is 82.0 cm³/mol. The summed E-state index contributed by atoms with van der Waals surface area (Å²) in [4.78, 5) is 31.6. The van der Waals surface area contributed by atoms with Crippen molar-refractivity contribution in [2.45, 2.75) is 6.10 Å². The van der Waals surface area contributed by atoms with Gasteiger partial charge in [-0.05, 0) is 24.3 Å². The van der Waals surface area contributed by atoms with Crippen LogP contribution in [0.5, 0.6) is 5.75 Å². The Morgan fingerprint density at radius 3 is 2.30 bits per heavy atom. The Morgan fingerprint density at radius 2 is 1.61 bits per heavy atom. The lowest BCUT2D eigenvalue weighted by atomic mass is 10.1. The maximum absolute atomic E-state index is 12.0. The van der Waals surface area contributed by atoms with Crippen LogP contribution in [-0.2, 0) is 9.59 Å². The molecule has 0 aliphatic carbocycles. The van der Waals surface area contributed by atoms with Gasteiger partial charge in [0.05, 0.1) is 17.2 Å². The van der Waals surface area contributed by atoms with Gasteiger partial charge in [0, 0.05) is 0 Å². The number of carboxylic acid groups (broad SMARTS) is 1. The van der Waals surface area contributed by atoms with Crippen LogP contribution >= 0.6 is 0 Å². The normalized spacial score (nSPS) is 11.8. The minimum Gasteiger partial charge on any atom is -0.476 e. The fraction of sp³-hybridized carbons (Fsp3) is 0.0588. The van der Waals surface area contributed by atoms with E-state index in [0.29, 0.717) is 16.8 Å². The molecule has 23 heavy (non-hydrogen) atoms. The van der Waals surface area contributed by atoms with Crippen molar-refractivity contribution in [1.29, 1.82) is 0 Å². The third-order valence-corrected chi connectivity index (χ3v) is 3.18. The third-order valence-electron chi connectivity index (χ3n) is 3.18.